The van der Waals surface area contributed by atoms with Crippen molar-refractivity contribution < 1.29 is 23.1 Å². The van der Waals surface area contributed by atoms with E-state index in [1.807, 2.05) is 0 Å². The van der Waals surface area contributed by atoms with Crippen LogP contribution in [0.3, 0.4) is 0 Å². The number of nitrogens with one attached hydrogen (secondary N) is 1. The van der Waals surface area contributed by atoms with Crippen molar-refractivity contribution in [2.24, 2.45) is 0 Å². The third kappa shape index (κ3) is 3.88. The molecule has 2 aromatic rings. The Bertz CT molecular complexity index is 686. The van der Waals surface area contributed by atoms with Crippen LogP contribution >= 0.6 is 0 Å². The first kappa shape index (κ1) is 15.6. The highest BCUT2D eigenvalue weighted by Crippen LogP contribution is 2.13. The van der Waals surface area contributed by atoms with Crippen molar-refractivity contribution in [1.29, 1.82) is 0 Å². The first-order valence-electron chi connectivity index (χ1n) is 6.49. The highest BCUT2D eigenvalue weighted by molar-refractivity contribution is 5.97. The molecule has 4 nitrogen and oxygen atoms in total. The van der Waals surface area contributed by atoms with Crippen LogP contribution in [0.4, 0.5) is 14.5 Å². The van der Waals surface area contributed by atoms with Gasteiger partial charge in [-0.25, -0.2) is 13.6 Å². The number of rotatable bonds is 4. The van der Waals surface area contributed by atoms with Gasteiger partial charge in [-0.15, -0.1) is 0 Å². The highest BCUT2D eigenvalue weighted by Gasteiger charge is 2.19. The lowest BCUT2D eigenvalue weighted by Gasteiger charge is -2.13. The van der Waals surface area contributed by atoms with Crippen LogP contribution in [0.15, 0.2) is 48.5 Å². The van der Waals surface area contributed by atoms with E-state index in [2.05, 4.69) is 5.32 Å². The molecule has 0 heterocycles. The number of esters is 1. The van der Waals surface area contributed by atoms with E-state index >= 15 is 0 Å². The topological polar surface area (TPSA) is 55.4 Å². The van der Waals surface area contributed by atoms with E-state index in [9.17, 15) is 18.4 Å². The van der Waals surface area contributed by atoms with Gasteiger partial charge in [-0.2, -0.15) is 0 Å². The van der Waals surface area contributed by atoms with Gasteiger partial charge < -0.3 is 10.1 Å². The lowest BCUT2D eigenvalue weighted by Crippen LogP contribution is -2.30. The zero-order chi connectivity index (χ0) is 16.1. The molecule has 0 bridgehead atoms. The van der Waals surface area contributed by atoms with Gasteiger partial charge in [0.15, 0.2) is 6.10 Å². The molecule has 0 aliphatic rings. The van der Waals surface area contributed by atoms with Gasteiger partial charge in [-0.3, -0.25) is 4.79 Å². The first-order chi connectivity index (χ1) is 10.5. The maximum absolute atomic E-state index is 13.4. The minimum atomic E-state index is -1.13. The van der Waals surface area contributed by atoms with E-state index in [1.54, 1.807) is 6.07 Å². The summed E-state index contributed by atoms with van der Waals surface area (Å²) in [7, 11) is 0. The summed E-state index contributed by atoms with van der Waals surface area (Å²) in [5.74, 6) is -2.51. The third-order valence-corrected chi connectivity index (χ3v) is 2.86. The molecule has 0 radical (unpaired) electrons. The summed E-state index contributed by atoms with van der Waals surface area (Å²) in [5, 5.41) is 2.32. The molecule has 0 aliphatic heterocycles. The summed E-state index contributed by atoms with van der Waals surface area (Å²) in [4.78, 5) is 23.7. The van der Waals surface area contributed by atoms with Crippen LogP contribution in [0.1, 0.15) is 17.3 Å². The zero-order valence-electron chi connectivity index (χ0n) is 11.7. The van der Waals surface area contributed by atoms with Crippen LogP contribution in [0.25, 0.3) is 0 Å². The van der Waals surface area contributed by atoms with Crippen molar-refractivity contribution in [2.45, 2.75) is 13.0 Å². The van der Waals surface area contributed by atoms with Gasteiger partial charge in [-0.1, -0.05) is 12.1 Å². The lowest BCUT2D eigenvalue weighted by molar-refractivity contribution is -0.123. The second kappa shape index (κ2) is 6.80. The number of carbonyl (C=O) groups excluding carboxylic acids is 2. The molecule has 0 saturated carbocycles. The largest absolute Gasteiger partial charge is 0.449 e. The second-order valence-electron chi connectivity index (χ2n) is 4.52. The number of para-hydroxylation sites is 1. The molecule has 0 aromatic heterocycles. The first-order valence-corrected chi connectivity index (χ1v) is 6.49. The lowest BCUT2D eigenvalue weighted by atomic mass is 10.2. The second-order valence-corrected chi connectivity index (χ2v) is 4.52. The molecule has 0 saturated heterocycles. The monoisotopic (exact) mass is 305 g/mol. The molecule has 2 aromatic carbocycles. The van der Waals surface area contributed by atoms with E-state index < -0.39 is 29.6 Å². The van der Waals surface area contributed by atoms with Gasteiger partial charge in [0.2, 0.25) is 0 Å². The van der Waals surface area contributed by atoms with Crippen LogP contribution in [0, 0.1) is 11.6 Å². The molecule has 1 N–H and O–H groups in total. The van der Waals surface area contributed by atoms with Gasteiger partial charge in [0.05, 0.1) is 11.3 Å². The Balaban J connectivity index is 1.98. The highest BCUT2D eigenvalue weighted by atomic mass is 19.1. The number of halogens is 2. The molecule has 6 heteroatoms. The SMILES string of the molecule is C[C@H](OC(=O)c1ccc(F)cc1)C(=O)Nc1ccccc1F. The Kier molecular flexibility index (Phi) is 4.83. The molecule has 1 amide bonds. The van der Waals surface area contributed by atoms with E-state index in [4.69, 9.17) is 4.74 Å². The Morgan fingerprint density at radius 2 is 1.68 bits per heavy atom. The molecule has 0 aliphatic carbocycles. The summed E-state index contributed by atoms with van der Waals surface area (Å²) in [5.41, 5.74) is 0.115. The Morgan fingerprint density at radius 1 is 1.05 bits per heavy atom. The van der Waals surface area contributed by atoms with Crippen molar-refractivity contribution in [1.82, 2.24) is 0 Å². The van der Waals surface area contributed by atoms with Crippen LogP contribution in [0.2, 0.25) is 0 Å². The number of amides is 1. The molecule has 0 fully saturated rings. The Labute approximate surface area is 125 Å². The molecule has 0 spiro atoms. The fraction of sp³-hybridized carbons (Fsp3) is 0.125. The summed E-state index contributed by atoms with van der Waals surface area (Å²) < 4.78 is 31.1. The van der Waals surface area contributed by atoms with Crippen LogP contribution in [-0.2, 0) is 9.53 Å². The molecular weight excluding hydrogens is 292 g/mol. The van der Waals surface area contributed by atoms with Gasteiger partial charge in [0.25, 0.3) is 5.91 Å². The average molecular weight is 305 g/mol. The maximum Gasteiger partial charge on any atom is 0.338 e. The Morgan fingerprint density at radius 3 is 2.32 bits per heavy atom. The van der Waals surface area contributed by atoms with Crippen molar-refractivity contribution in [3.8, 4) is 0 Å². The molecule has 2 rings (SSSR count). The van der Waals surface area contributed by atoms with E-state index in [0.717, 1.165) is 12.1 Å². The summed E-state index contributed by atoms with van der Waals surface area (Å²) in [6.45, 7) is 1.36. The number of ether oxygens (including phenoxy) is 1. The van der Waals surface area contributed by atoms with Crippen molar-refractivity contribution >= 4 is 17.6 Å². The molecule has 1 atom stereocenters. The fourth-order valence-electron chi connectivity index (χ4n) is 1.67. The number of hydrogen-bond donors (Lipinski definition) is 1. The van der Waals surface area contributed by atoms with Crippen molar-refractivity contribution in [3.05, 3.63) is 65.7 Å². The molecule has 0 unspecified atom stereocenters. The zero-order valence-corrected chi connectivity index (χ0v) is 11.7. The van der Waals surface area contributed by atoms with Crippen molar-refractivity contribution in [3.63, 3.8) is 0 Å². The van der Waals surface area contributed by atoms with Crippen LogP contribution < -0.4 is 5.32 Å². The van der Waals surface area contributed by atoms with E-state index in [0.29, 0.717) is 0 Å². The summed E-state index contributed by atoms with van der Waals surface area (Å²) in [6.07, 6.45) is -1.13. The maximum atomic E-state index is 13.4. The predicted octanol–water partition coefficient (Wildman–Crippen LogP) is 3.15. The van der Waals surface area contributed by atoms with Gasteiger partial charge in [0, 0.05) is 0 Å². The standard InChI is InChI=1S/C16H13F2NO3/c1-10(15(20)19-14-5-3-2-4-13(14)18)22-16(21)11-6-8-12(17)9-7-11/h2-10H,1H3,(H,19,20)/t10-/m0/s1. The van der Waals surface area contributed by atoms with E-state index in [1.165, 1.54) is 37.3 Å². The summed E-state index contributed by atoms with van der Waals surface area (Å²) >= 11 is 0. The quantitative estimate of drug-likeness (QED) is 0.883. The molecular formula is C16H13F2NO3. The number of anilines is 1. The minimum Gasteiger partial charge on any atom is -0.449 e. The van der Waals surface area contributed by atoms with Crippen molar-refractivity contribution in [2.75, 3.05) is 5.32 Å². The minimum absolute atomic E-state index is 0.00261. The van der Waals surface area contributed by atoms with E-state index in [-0.39, 0.29) is 11.3 Å². The molecule has 114 valence electrons. The predicted molar refractivity (Wildman–Crippen MR) is 76.3 cm³/mol. The normalized spacial score (nSPS) is 11.6. The fourth-order valence-corrected chi connectivity index (χ4v) is 1.67. The third-order valence-electron chi connectivity index (χ3n) is 2.86. The average Bonchev–Trinajstić information content (AvgIpc) is 2.50. The number of carbonyl (C=O) groups is 2. The van der Waals surface area contributed by atoms with Crippen LogP contribution in [0.5, 0.6) is 0 Å². The summed E-state index contributed by atoms with van der Waals surface area (Å²) in [6, 6.07) is 10.4. The number of hydrogen-bond acceptors (Lipinski definition) is 3. The number of benzene rings is 2. The Hall–Kier alpha value is -2.76. The van der Waals surface area contributed by atoms with Gasteiger partial charge in [-0.05, 0) is 43.3 Å². The van der Waals surface area contributed by atoms with Gasteiger partial charge in [0.1, 0.15) is 11.6 Å². The smallest absolute Gasteiger partial charge is 0.338 e. The van der Waals surface area contributed by atoms with Crippen LogP contribution in [-0.4, -0.2) is 18.0 Å². The van der Waals surface area contributed by atoms with Gasteiger partial charge >= 0.3 is 5.97 Å². The molecule has 22 heavy (non-hydrogen) atoms.